The van der Waals surface area contributed by atoms with Crippen molar-refractivity contribution in [3.63, 3.8) is 0 Å². The van der Waals surface area contributed by atoms with Gasteiger partial charge in [0.05, 0.1) is 13.0 Å². The second-order valence-corrected chi connectivity index (χ2v) is 6.65. The van der Waals surface area contributed by atoms with E-state index in [-0.39, 0.29) is 24.4 Å². The minimum atomic E-state index is -0.603. The smallest absolute Gasteiger partial charge is 0.336 e. The highest BCUT2D eigenvalue weighted by molar-refractivity contribution is 5.91. The van der Waals surface area contributed by atoms with Crippen molar-refractivity contribution in [1.82, 2.24) is 0 Å². The molecule has 1 aromatic heterocycles. The van der Waals surface area contributed by atoms with Crippen LogP contribution in [0.25, 0.3) is 11.0 Å². The molecule has 7 heteroatoms. The minimum Gasteiger partial charge on any atom is -0.506 e. The van der Waals surface area contributed by atoms with Gasteiger partial charge >= 0.3 is 11.6 Å². The maximum absolute atomic E-state index is 11.9. The molecule has 0 aliphatic heterocycles. The van der Waals surface area contributed by atoms with Crippen molar-refractivity contribution in [3.8, 4) is 5.75 Å². The van der Waals surface area contributed by atoms with Gasteiger partial charge in [-0.2, -0.15) is 0 Å². The Morgan fingerprint density at radius 1 is 1.21 bits per heavy atom. The topological polar surface area (TPSA) is 92.3 Å². The molecule has 1 N–H and O–H groups in total. The Hall–Kier alpha value is -3.61. The van der Waals surface area contributed by atoms with Gasteiger partial charge in [-0.1, -0.05) is 12.1 Å². The number of carbonyl (C=O) groups is 1. The van der Waals surface area contributed by atoms with E-state index in [1.807, 2.05) is 43.3 Å². The summed E-state index contributed by atoms with van der Waals surface area (Å²) in [7, 11) is 3.92. The molecule has 0 saturated carbocycles. The molecule has 2 aromatic carbocycles. The first-order valence-electron chi connectivity index (χ1n) is 9.14. The van der Waals surface area contributed by atoms with Gasteiger partial charge in [-0.3, -0.25) is 9.79 Å². The number of fused-ring (bicyclic) bond motifs is 1. The Bertz CT molecular complexity index is 1110. The lowest BCUT2D eigenvalue weighted by Crippen LogP contribution is -2.10. The van der Waals surface area contributed by atoms with Crippen LogP contribution in [0.4, 0.5) is 11.4 Å². The lowest BCUT2D eigenvalue weighted by Gasteiger charge is -2.11. The van der Waals surface area contributed by atoms with Crippen molar-refractivity contribution < 1.29 is 19.1 Å². The van der Waals surface area contributed by atoms with Gasteiger partial charge in [0, 0.05) is 43.5 Å². The minimum absolute atomic E-state index is 0.0735. The number of esters is 1. The van der Waals surface area contributed by atoms with Crippen molar-refractivity contribution in [1.29, 1.82) is 0 Å². The molecule has 0 aliphatic carbocycles. The van der Waals surface area contributed by atoms with E-state index >= 15 is 0 Å². The van der Waals surface area contributed by atoms with E-state index in [9.17, 15) is 14.7 Å². The zero-order valence-electron chi connectivity index (χ0n) is 16.5. The first-order chi connectivity index (χ1) is 13.9. The third-order valence-electron chi connectivity index (χ3n) is 4.33. The van der Waals surface area contributed by atoms with Gasteiger partial charge in [-0.05, 0) is 36.2 Å². The SMILES string of the molecule is CCOC(=O)Cc1cc(=O)oc2cc(O)c(N=Cc3ccc(N(C)C)cc3)cc12. The van der Waals surface area contributed by atoms with Crippen molar-refractivity contribution in [3.05, 3.63) is 64.0 Å². The van der Waals surface area contributed by atoms with Crippen LogP contribution >= 0.6 is 0 Å². The lowest BCUT2D eigenvalue weighted by molar-refractivity contribution is -0.142. The molecule has 0 atom stereocenters. The summed E-state index contributed by atoms with van der Waals surface area (Å²) in [6.45, 7) is 1.96. The Morgan fingerprint density at radius 3 is 2.59 bits per heavy atom. The Balaban J connectivity index is 1.97. The molecular formula is C22H22N2O5. The van der Waals surface area contributed by atoms with Gasteiger partial charge in [0.25, 0.3) is 0 Å². The van der Waals surface area contributed by atoms with E-state index < -0.39 is 11.6 Å². The van der Waals surface area contributed by atoms with Gasteiger partial charge in [-0.15, -0.1) is 0 Å². The molecule has 3 aromatic rings. The number of nitrogens with zero attached hydrogens (tertiary/aromatic N) is 2. The molecule has 0 bridgehead atoms. The van der Waals surface area contributed by atoms with Crippen LogP contribution < -0.4 is 10.5 Å². The summed E-state index contributed by atoms with van der Waals surface area (Å²) < 4.78 is 10.1. The molecule has 1 heterocycles. The van der Waals surface area contributed by atoms with Crippen LogP contribution in [0.15, 0.2) is 56.7 Å². The van der Waals surface area contributed by atoms with Crippen LogP contribution in [-0.2, 0) is 16.0 Å². The average Bonchev–Trinajstić information content (AvgIpc) is 2.67. The van der Waals surface area contributed by atoms with Crippen LogP contribution in [0.2, 0.25) is 0 Å². The highest BCUT2D eigenvalue weighted by atomic mass is 16.5. The number of hydrogen-bond acceptors (Lipinski definition) is 7. The van der Waals surface area contributed by atoms with Gasteiger partial charge < -0.3 is 19.2 Å². The first-order valence-corrected chi connectivity index (χ1v) is 9.14. The van der Waals surface area contributed by atoms with Crippen LogP contribution in [0.3, 0.4) is 0 Å². The molecular weight excluding hydrogens is 372 g/mol. The number of hydrogen-bond donors (Lipinski definition) is 1. The summed E-state index contributed by atoms with van der Waals surface area (Å²) in [5, 5.41) is 10.8. The second kappa shape index (κ2) is 8.60. The lowest BCUT2D eigenvalue weighted by atomic mass is 10.1. The molecule has 0 spiro atoms. The van der Waals surface area contributed by atoms with E-state index in [2.05, 4.69) is 4.99 Å². The quantitative estimate of drug-likeness (QED) is 0.391. The molecule has 0 fully saturated rings. The average molecular weight is 394 g/mol. The third-order valence-corrected chi connectivity index (χ3v) is 4.33. The van der Waals surface area contributed by atoms with Crippen LogP contribution in [0, 0.1) is 0 Å². The fourth-order valence-corrected chi connectivity index (χ4v) is 2.87. The maximum Gasteiger partial charge on any atom is 0.336 e. The standard InChI is InChI=1S/C22H22N2O5/c1-4-28-21(26)9-15-10-22(27)29-20-12-19(25)18(11-17(15)20)23-13-14-5-7-16(8-6-14)24(2)3/h5-8,10-13,25H,4,9H2,1-3H3. The van der Waals surface area contributed by atoms with E-state index in [0.29, 0.717) is 16.6 Å². The number of rotatable bonds is 6. The Morgan fingerprint density at radius 2 is 1.93 bits per heavy atom. The number of anilines is 1. The summed E-state index contributed by atoms with van der Waals surface area (Å²) in [5.41, 5.74) is 2.27. The molecule has 0 amide bonds. The van der Waals surface area contributed by atoms with Crippen LogP contribution in [0.1, 0.15) is 18.1 Å². The predicted molar refractivity (Wildman–Crippen MR) is 113 cm³/mol. The maximum atomic E-state index is 11.9. The molecule has 150 valence electrons. The van der Waals surface area contributed by atoms with Crippen LogP contribution in [-0.4, -0.2) is 38.0 Å². The normalized spacial score (nSPS) is 11.1. The molecule has 29 heavy (non-hydrogen) atoms. The number of aliphatic imine (C=N–C) groups is 1. The number of phenolic OH excluding ortho intramolecular Hbond substituents is 1. The van der Waals surface area contributed by atoms with E-state index in [1.165, 1.54) is 12.1 Å². The molecule has 0 radical (unpaired) electrons. The first kappa shape index (κ1) is 20.1. The zero-order chi connectivity index (χ0) is 21.0. The van der Waals surface area contributed by atoms with Gasteiger partial charge in [0.15, 0.2) is 0 Å². The van der Waals surface area contributed by atoms with Crippen molar-refractivity contribution in [2.24, 2.45) is 4.99 Å². The van der Waals surface area contributed by atoms with Crippen molar-refractivity contribution >= 4 is 34.5 Å². The summed E-state index contributed by atoms with van der Waals surface area (Å²) >= 11 is 0. The third kappa shape index (κ3) is 4.82. The largest absolute Gasteiger partial charge is 0.506 e. The highest BCUT2D eigenvalue weighted by Gasteiger charge is 2.13. The van der Waals surface area contributed by atoms with Gasteiger partial charge in [0.1, 0.15) is 17.0 Å². The Kier molecular flexibility index (Phi) is 5.97. The molecule has 0 unspecified atom stereocenters. The number of ether oxygens (including phenoxy) is 1. The van der Waals surface area contributed by atoms with Crippen molar-refractivity contribution in [2.45, 2.75) is 13.3 Å². The zero-order valence-corrected chi connectivity index (χ0v) is 16.5. The molecule has 0 aliphatic rings. The summed E-state index contributed by atoms with van der Waals surface area (Å²) in [4.78, 5) is 30.0. The summed E-state index contributed by atoms with van der Waals surface area (Å²) in [5.74, 6) is -0.575. The van der Waals surface area contributed by atoms with E-state index in [0.717, 1.165) is 11.3 Å². The number of aromatic hydroxyl groups is 1. The molecule has 3 rings (SSSR count). The molecule has 7 nitrogen and oxygen atoms in total. The molecule has 0 saturated heterocycles. The monoisotopic (exact) mass is 394 g/mol. The van der Waals surface area contributed by atoms with Gasteiger partial charge in [-0.25, -0.2) is 4.79 Å². The fraction of sp³-hybridized carbons (Fsp3) is 0.227. The summed E-state index contributed by atoms with van der Waals surface area (Å²) in [6, 6.07) is 11.9. The van der Waals surface area contributed by atoms with E-state index in [4.69, 9.17) is 9.15 Å². The number of carbonyl (C=O) groups excluding carboxylic acids is 1. The van der Waals surface area contributed by atoms with Crippen LogP contribution in [0.5, 0.6) is 5.75 Å². The second-order valence-electron chi connectivity index (χ2n) is 6.65. The number of phenols is 1. The highest BCUT2D eigenvalue weighted by Crippen LogP contribution is 2.33. The predicted octanol–water partition coefficient (Wildman–Crippen LogP) is 3.42. The number of benzene rings is 2. The van der Waals surface area contributed by atoms with E-state index in [1.54, 1.807) is 19.2 Å². The Labute approximate surface area is 167 Å². The summed E-state index contributed by atoms with van der Waals surface area (Å²) in [6.07, 6.45) is 1.56. The van der Waals surface area contributed by atoms with Crippen molar-refractivity contribution in [2.75, 3.05) is 25.6 Å². The van der Waals surface area contributed by atoms with Gasteiger partial charge in [0.2, 0.25) is 0 Å². The fourth-order valence-electron chi connectivity index (χ4n) is 2.87.